The molecule has 1 aromatic carbocycles. The predicted octanol–water partition coefficient (Wildman–Crippen LogP) is 2.83. The Hall–Kier alpha value is -2.95. The number of aromatic nitrogens is 2. The third-order valence-corrected chi connectivity index (χ3v) is 3.32. The van der Waals surface area contributed by atoms with Gasteiger partial charge in [-0.2, -0.15) is 0 Å². The zero-order valence-electron chi connectivity index (χ0n) is 11.3. The molecule has 0 amide bonds. The largest absolute Gasteiger partial charge is 0.465 e. The molecule has 0 aliphatic carbocycles. The number of esters is 1. The number of H-pyrrole nitrogens is 1. The van der Waals surface area contributed by atoms with Gasteiger partial charge in [0.2, 0.25) is 0 Å². The molecule has 0 radical (unpaired) electrons. The molecule has 1 N–H and O–H groups in total. The molecule has 2 aromatic heterocycles. The van der Waals surface area contributed by atoms with E-state index in [4.69, 9.17) is 4.74 Å². The molecular formula is C16H12N2O3. The van der Waals surface area contributed by atoms with Crippen LogP contribution in [0.5, 0.6) is 0 Å². The molecule has 0 bridgehead atoms. The minimum atomic E-state index is -0.407. The fourth-order valence-corrected chi connectivity index (χ4v) is 2.23. The molecule has 3 rings (SSSR count). The molecular weight excluding hydrogens is 268 g/mol. The zero-order valence-corrected chi connectivity index (χ0v) is 11.3. The topological polar surface area (TPSA) is 72.0 Å². The monoisotopic (exact) mass is 280 g/mol. The molecule has 0 unspecified atom stereocenters. The predicted molar refractivity (Wildman–Crippen MR) is 78.3 cm³/mol. The second-order valence-corrected chi connectivity index (χ2v) is 4.54. The number of rotatable bonds is 3. The maximum Gasteiger partial charge on any atom is 0.337 e. The molecule has 5 heteroatoms. The first kappa shape index (κ1) is 13.1. The van der Waals surface area contributed by atoms with Crippen molar-refractivity contribution in [2.75, 3.05) is 7.11 Å². The number of hydrogen-bond donors (Lipinski definition) is 1. The molecule has 5 nitrogen and oxygen atoms in total. The third-order valence-electron chi connectivity index (χ3n) is 3.32. The van der Waals surface area contributed by atoms with Gasteiger partial charge in [0.25, 0.3) is 0 Å². The minimum absolute atomic E-state index is 0.407. The van der Waals surface area contributed by atoms with Crippen molar-refractivity contribution in [1.29, 1.82) is 0 Å². The highest BCUT2D eigenvalue weighted by molar-refractivity contribution is 5.99. The van der Waals surface area contributed by atoms with Crippen LogP contribution in [0.3, 0.4) is 0 Å². The zero-order chi connectivity index (χ0) is 14.8. The molecule has 0 aliphatic rings. The van der Waals surface area contributed by atoms with Gasteiger partial charge in [0.1, 0.15) is 0 Å². The summed E-state index contributed by atoms with van der Waals surface area (Å²) in [5.74, 6) is -0.407. The first-order valence-electron chi connectivity index (χ1n) is 6.34. The average Bonchev–Trinajstić information content (AvgIpc) is 2.96. The van der Waals surface area contributed by atoms with E-state index in [9.17, 15) is 9.59 Å². The second-order valence-electron chi connectivity index (χ2n) is 4.54. The van der Waals surface area contributed by atoms with Gasteiger partial charge < -0.3 is 9.72 Å². The van der Waals surface area contributed by atoms with E-state index in [2.05, 4.69) is 9.97 Å². The molecule has 104 valence electrons. The van der Waals surface area contributed by atoms with E-state index in [1.54, 1.807) is 24.5 Å². The lowest BCUT2D eigenvalue weighted by Gasteiger charge is -2.04. The number of nitrogens with zero attached hydrogens (tertiary/aromatic N) is 1. The Morgan fingerprint density at radius 3 is 2.90 bits per heavy atom. The number of aldehydes is 1. The minimum Gasteiger partial charge on any atom is -0.465 e. The van der Waals surface area contributed by atoms with E-state index < -0.39 is 5.97 Å². The summed E-state index contributed by atoms with van der Waals surface area (Å²) in [6.07, 6.45) is 4.03. The first-order valence-corrected chi connectivity index (χ1v) is 6.34. The van der Waals surface area contributed by atoms with Crippen LogP contribution >= 0.6 is 0 Å². The SMILES string of the molecule is COC(=O)c1ccnc(-c2ccc3[nH]cc(C=O)c3c2)c1. The van der Waals surface area contributed by atoms with Crippen LogP contribution in [-0.4, -0.2) is 29.3 Å². The van der Waals surface area contributed by atoms with Crippen molar-refractivity contribution in [3.8, 4) is 11.3 Å². The average molecular weight is 280 g/mol. The van der Waals surface area contributed by atoms with Gasteiger partial charge in [0.15, 0.2) is 6.29 Å². The van der Waals surface area contributed by atoms with E-state index in [0.717, 1.165) is 22.8 Å². The van der Waals surface area contributed by atoms with Crippen molar-refractivity contribution in [2.45, 2.75) is 0 Å². The van der Waals surface area contributed by atoms with E-state index >= 15 is 0 Å². The lowest BCUT2D eigenvalue weighted by molar-refractivity contribution is 0.0600. The lowest BCUT2D eigenvalue weighted by atomic mass is 10.1. The highest BCUT2D eigenvalue weighted by atomic mass is 16.5. The van der Waals surface area contributed by atoms with Gasteiger partial charge in [-0.15, -0.1) is 0 Å². The van der Waals surface area contributed by atoms with Gasteiger partial charge in [0.05, 0.1) is 18.4 Å². The van der Waals surface area contributed by atoms with Crippen molar-refractivity contribution in [1.82, 2.24) is 9.97 Å². The van der Waals surface area contributed by atoms with Crippen molar-refractivity contribution in [2.24, 2.45) is 0 Å². The van der Waals surface area contributed by atoms with Gasteiger partial charge in [0, 0.05) is 34.4 Å². The smallest absolute Gasteiger partial charge is 0.337 e. The number of nitrogens with one attached hydrogen (secondary N) is 1. The van der Waals surface area contributed by atoms with Crippen molar-refractivity contribution in [3.05, 3.63) is 53.9 Å². The maximum absolute atomic E-state index is 11.6. The number of pyridine rings is 1. The summed E-state index contributed by atoms with van der Waals surface area (Å²) in [4.78, 5) is 29.9. The summed E-state index contributed by atoms with van der Waals surface area (Å²) < 4.78 is 4.70. The molecule has 0 saturated heterocycles. The Morgan fingerprint density at radius 2 is 2.14 bits per heavy atom. The fourth-order valence-electron chi connectivity index (χ4n) is 2.23. The van der Waals surface area contributed by atoms with Crippen LogP contribution in [0.4, 0.5) is 0 Å². The van der Waals surface area contributed by atoms with E-state index in [-0.39, 0.29) is 0 Å². The normalized spacial score (nSPS) is 10.5. The Balaban J connectivity index is 2.11. The fraction of sp³-hybridized carbons (Fsp3) is 0.0625. The summed E-state index contributed by atoms with van der Waals surface area (Å²) in [6.45, 7) is 0. The molecule has 0 aliphatic heterocycles. The van der Waals surface area contributed by atoms with Crippen LogP contribution in [0.25, 0.3) is 22.2 Å². The Bertz CT molecular complexity index is 836. The number of carbonyl (C=O) groups excluding carboxylic acids is 2. The number of ether oxygens (including phenoxy) is 1. The van der Waals surface area contributed by atoms with Crippen molar-refractivity contribution < 1.29 is 14.3 Å². The number of benzene rings is 1. The summed E-state index contributed by atoms with van der Waals surface area (Å²) >= 11 is 0. The van der Waals surface area contributed by atoms with Crippen molar-refractivity contribution >= 4 is 23.2 Å². The highest BCUT2D eigenvalue weighted by Crippen LogP contribution is 2.25. The van der Waals surface area contributed by atoms with E-state index in [0.29, 0.717) is 16.8 Å². The maximum atomic E-state index is 11.6. The summed E-state index contributed by atoms with van der Waals surface area (Å²) in [7, 11) is 1.34. The summed E-state index contributed by atoms with van der Waals surface area (Å²) in [5.41, 5.74) is 3.39. The molecule has 0 atom stereocenters. The van der Waals surface area contributed by atoms with Crippen LogP contribution in [-0.2, 0) is 4.74 Å². The van der Waals surface area contributed by atoms with Crippen LogP contribution in [0.15, 0.2) is 42.7 Å². The first-order chi connectivity index (χ1) is 10.2. The summed E-state index contributed by atoms with van der Waals surface area (Å²) in [6, 6.07) is 8.90. The molecule has 2 heterocycles. The number of hydrogen-bond acceptors (Lipinski definition) is 4. The van der Waals surface area contributed by atoms with Gasteiger partial charge in [-0.3, -0.25) is 9.78 Å². The summed E-state index contributed by atoms with van der Waals surface area (Å²) in [5, 5.41) is 0.827. The number of methoxy groups -OCH3 is 1. The molecule has 3 aromatic rings. The van der Waals surface area contributed by atoms with Crippen LogP contribution < -0.4 is 0 Å². The van der Waals surface area contributed by atoms with Crippen LogP contribution in [0.2, 0.25) is 0 Å². The Labute approximate surface area is 120 Å². The molecule has 0 saturated carbocycles. The standard InChI is InChI=1S/C16H12N2O3/c1-21-16(20)11-4-5-17-15(7-11)10-2-3-14-13(6-10)12(9-19)8-18-14/h2-9,18H,1H3. The van der Waals surface area contributed by atoms with Gasteiger partial charge >= 0.3 is 5.97 Å². The molecule has 0 fully saturated rings. The Morgan fingerprint density at radius 1 is 1.29 bits per heavy atom. The van der Waals surface area contributed by atoms with Crippen LogP contribution in [0.1, 0.15) is 20.7 Å². The number of aromatic amines is 1. The van der Waals surface area contributed by atoms with E-state index in [1.807, 2.05) is 18.2 Å². The van der Waals surface area contributed by atoms with Gasteiger partial charge in [-0.1, -0.05) is 6.07 Å². The lowest BCUT2D eigenvalue weighted by Crippen LogP contribution is -2.01. The van der Waals surface area contributed by atoms with Gasteiger partial charge in [-0.05, 0) is 24.3 Å². The van der Waals surface area contributed by atoms with E-state index in [1.165, 1.54) is 7.11 Å². The number of fused-ring (bicyclic) bond motifs is 1. The molecule has 21 heavy (non-hydrogen) atoms. The van der Waals surface area contributed by atoms with Gasteiger partial charge in [-0.25, -0.2) is 4.79 Å². The number of carbonyl (C=O) groups is 2. The Kier molecular flexibility index (Phi) is 3.23. The quantitative estimate of drug-likeness (QED) is 0.591. The second kappa shape index (κ2) is 5.20. The molecule has 0 spiro atoms. The van der Waals surface area contributed by atoms with Crippen molar-refractivity contribution in [3.63, 3.8) is 0 Å². The third kappa shape index (κ3) is 2.29. The van der Waals surface area contributed by atoms with Crippen LogP contribution in [0, 0.1) is 0 Å². The highest BCUT2D eigenvalue weighted by Gasteiger charge is 2.09.